The Labute approximate surface area is 432 Å². The van der Waals surface area contributed by atoms with Crippen LogP contribution in [0.4, 0.5) is 0 Å². The Kier molecular flexibility index (Phi) is 11.6. The van der Waals surface area contributed by atoms with Gasteiger partial charge < -0.3 is 5.11 Å². The van der Waals surface area contributed by atoms with Gasteiger partial charge in [-0.2, -0.15) is 0 Å². The summed E-state index contributed by atoms with van der Waals surface area (Å²) in [4.78, 5) is 10.7. The highest BCUT2D eigenvalue weighted by atomic mass is 16.3. The van der Waals surface area contributed by atoms with Gasteiger partial charge in [-0.15, -0.1) is 0 Å². The molecule has 72 heavy (non-hydrogen) atoms. The molecule has 0 saturated heterocycles. The minimum Gasteiger partial charge on any atom is -0.507 e. The van der Waals surface area contributed by atoms with Crippen LogP contribution in [0, 0.1) is 6.85 Å². The number of phenols is 1. The molecular formula is C68H65N3O. The normalized spacial score (nSPS) is 13.0. The van der Waals surface area contributed by atoms with Crippen LogP contribution in [0.3, 0.4) is 0 Å². The minimum absolute atomic E-state index is 0.00648. The SMILES string of the molecule is [2H]C([2H])([2H])c1cc(-c2ccc(C(C)(C)C)cc2)c(-n2c(-c3cc(C(C)C)cc(C(C)C)c3O)nc3c(-c4cc(-c5ccccc5)cc(-c5cc(-c6ccc(C([2H])(C)C)cc6)ccn5)c4)cccc32)cc1-c1ccccc1. The number of rotatable bonds is 11. The lowest BCUT2D eigenvalue weighted by molar-refractivity contribution is 0.466. The molecule has 2 heterocycles. The lowest BCUT2D eigenvalue weighted by Crippen LogP contribution is -2.10. The molecule has 0 amide bonds. The second-order valence-corrected chi connectivity index (χ2v) is 21.0. The van der Waals surface area contributed by atoms with Gasteiger partial charge >= 0.3 is 0 Å². The quantitative estimate of drug-likeness (QED) is 0.141. The van der Waals surface area contributed by atoms with Gasteiger partial charge in [-0.3, -0.25) is 9.55 Å². The Morgan fingerprint density at radius 1 is 0.514 bits per heavy atom. The summed E-state index contributed by atoms with van der Waals surface area (Å²) in [5.41, 5.74) is 17.5. The maximum atomic E-state index is 12.6. The first-order valence-corrected chi connectivity index (χ1v) is 25.2. The molecule has 0 bridgehead atoms. The van der Waals surface area contributed by atoms with Gasteiger partial charge in [0.05, 0.1) is 28.0 Å². The largest absolute Gasteiger partial charge is 0.507 e. The molecule has 0 aliphatic carbocycles. The zero-order valence-corrected chi connectivity index (χ0v) is 42.8. The molecule has 1 N–H and O–H groups in total. The van der Waals surface area contributed by atoms with E-state index in [9.17, 15) is 5.11 Å². The third-order valence-electron chi connectivity index (χ3n) is 14.1. The molecule has 4 nitrogen and oxygen atoms in total. The Hall–Kier alpha value is -7.82. The Balaban J connectivity index is 1.29. The molecule has 0 saturated carbocycles. The summed E-state index contributed by atoms with van der Waals surface area (Å²) in [5, 5.41) is 12.6. The van der Waals surface area contributed by atoms with Crippen molar-refractivity contribution in [3.8, 4) is 89.7 Å². The molecule has 0 atom stereocenters. The first-order valence-electron chi connectivity index (χ1n) is 27.2. The van der Waals surface area contributed by atoms with E-state index in [1.54, 1.807) is 0 Å². The number of imidazole rings is 1. The van der Waals surface area contributed by atoms with E-state index in [2.05, 4.69) is 168 Å². The molecule has 0 aliphatic heterocycles. The molecule has 0 spiro atoms. The van der Waals surface area contributed by atoms with Crippen LogP contribution < -0.4 is 0 Å². The second kappa shape index (κ2) is 19.4. The summed E-state index contributed by atoms with van der Waals surface area (Å²) >= 11 is 0. The summed E-state index contributed by atoms with van der Waals surface area (Å²) in [7, 11) is 0. The molecular weight excluding hydrogens is 875 g/mol. The van der Waals surface area contributed by atoms with Crippen molar-refractivity contribution in [2.24, 2.45) is 0 Å². The number of aromatic nitrogens is 3. The number of aryl methyl sites for hydroxylation is 1. The van der Waals surface area contributed by atoms with Crippen molar-refractivity contribution in [3.63, 3.8) is 0 Å². The number of hydrogen-bond acceptors (Lipinski definition) is 3. The molecule has 4 heteroatoms. The third kappa shape index (κ3) is 9.30. The summed E-state index contributed by atoms with van der Waals surface area (Å²) in [5.74, 6) is 0.138. The highest BCUT2D eigenvalue weighted by Gasteiger charge is 2.26. The highest BCUT2D eigenvalue weighted by Crippen LogP contribution is 2.46. The fourth-order valence-corrected chi connectivity index (χ4v) is 9.88. The van der Waals surface area contributed by atoms with Gasteiger partial charge in [-0.1, -0.05) is 190 Å². The van der Waals surface area contributed by atoms with Crippen LogP contribution in [0.2, 0.25) is 0 Å². The minimum atomic E-state index is -2.45. The van der Waals surface area contributed by atoms with Gasteiger partial charge in [0.25, 0.3) is 0 Å². The number of phenolic OH excluding ortho intramolecular Hbond substituents is 1. The van der Waals surface area contributed by atoms with Crippen molar-refractivity contribution in [3.05, 3.63) is 216 Å². The van der Waals surface area contributed by atoms with Crippen LogP contribution in [0.1, 0.15) is 113 Å². The van der Waals surface area contributed by atoms with Crippen LogP contribution in [-0.2, 0) is 5.41 Å². The van der Waals surface area contributed by atoms with Crippen LogP contribution >= 0.6 is 0 Å². The van der Waals surface area contributed by atoms with Gasteiger partial charge in [-0.25, -0.2) is 4.98 Å². The van der Waals surface area contributed by atoms with E-state index in [4.69, 9.17) is 15.5 Å². The van der Waals surface area contributed by atoms with Crippen LogP contribution in [0.5, 0.6) is 5.75 Å². The van der Waals surface area contributed by atoms with Crippen molar-refractivity contribution >= 4 is 11.0 Å². The second-order valence-electron chi connectivity index (χ2n) is 21.0. The van der Waals surface area contributed by atoms with Crippen molar-refractivity contribution < 1.29 is 10.6 Å². The van der Waals surface area contributed by atoms with E-state index < -0.39 is 12.7 Å². The molecule has 0 fully saturated rings. The average Bonchev–Trinajstić information content (AvgIpc) is 3.84. The van der Waals surface area contributed by atoms with Gasteiger partial charge in [0.1, 0.15) is 11.6 Å². The first-order chi connectivity index (χ1) is 36.1. The number of pyridine rings is 1. The Morgan fingerprint density at radius 3 is 1.81 bits per heavy atom. The molecule has 10 rings (SSSR count). The van der Waals surface area contributed by atoms with E-state index in [0.29, 0.717) is 22.5 Å². The zero-order valence-electron chi connectivity index (χ0n) is 46.8. The molecule has 2 aromatic heterocycles. The molecule has 358 valence electrons. The Morgan fingerprint density at radius 2 is 1.15 bits per heavy atom. The number of nitrogens with zero attached hydrogens (tertiary/aromatic N) is 3. The van der Waals surface area contributed by atoms with Gasteiger partial charge in [0.2, 0.25) is 0 Å². The predicted octanol–water partition coefficient (Wildman–Crippen LogP) is 18.8. The van der Waals surface area contributed by atoms with Gasteiger partial charge in [0.15, 0.2) is 0 Å². The number of hydrogen-bond donors (Lipinski definition) is 1. The van der Waals surface area contributed by atoms with Crippen LogP contribution in [0.15, 0.2) is 188 Å². The monoisotopic (exact) mass is 944 g/mol. The molecule has 8 aromatic carbocycles. The van der Waals surface area contributed by atoms with Gasteiger partial charge in [-0.05, 0) is 157 Å². The summed E-state index contributed by atoms with van der Waals surface area (Å²) in [6.45, 7) is 16.4. The maximum absolute atomic E-state index is 12.6. The molecule has 10 aromatic rings. The average molecular weight is 944 g/mol. The molecule has 0 radical (unpaired) electrons. The fourth-order valence-electron chi connectivity index (χ4n) is 9.88. The fraction of sp³-hybridized carbons (Fsp3) is 0.206. The van der Waals surface area contributed by atoms with Crippen molar-refractivity contribution in [1.29, 1.82) is 0 Å². The third-order valence-corrected chi connectivity index (χ3v) is 14.1. The van der Waals surface area contributed by atoms with Crippen molar-refractivity contribution in [2.75, 3.05) is 0 Å². The standard InChI is InChI=1S/C68H65N3O/c1-42(2)46-24-26-48(27-25-46)51-32-33-69-62(40-51)55-36-53(47-18-13-11-14-19-47)35-54(37-55)57-22-17-23-63-65(57)70-67(61-39-52(43(3)4)38-58(44(5)6)66(61)72)71(63)64-41-59(49-20-15-12-16-21-49)45(7)34-60(64)50-28-30-56(31-29-50)68(8,9)10/h11-44,72H,1-10H3/i7D3,42D. The van der Waals surface area contributed by atoms with E-state index in [1.165, 1.54) is 0 Å². The van der Waals surface area contributed by atoms with E-state index >= 15 is 0 Å². The van der Waals surface area contributed by atoms with Crippen LogP contribution in [-0.4, -0.2) is 19.6 Å². The summed E-state index contributed by atoms with van der Waals surface area (Å²) < 4.78 is 37.7. The number of para-hydroxylation sites is 1. The van der Waals surface area contributed by atoms with E-state index in [1.807, 2.05) is 86.8 Å². The summed E-state index contributed by atoms with van der Waals surface area (Å²) in [6, 6.07) is 61.8. The zero-order chi connectivity index (χ0) is 53.8. The predicted molar refractivity (Wildman–Crippen MR) is 304 cm³/mol. The smallest absolute Gasteiger partial charge is 0.149 e. The van der Waals surface area contributed by atoms with Crippen molar-refractivity contribution in [2.45, 2.75) is 92.3 Å². The lowest BCUT2D eigenvalue weighted by atomic mass is 9.85. The Bertz CT molecular complexity index is 3750. The van der Waals surface area contributed by atoms with Gasteiger partial charge in [0, 0.05) is 28.4 Å². The maximum Gasteiger partial charge on any atom is 0.149 e. The highest BCUT2D eigenvalue weighted by molar-refractivity contribution is 5.99. The first kappa shape index (κ1) is 43.0. The van der Waals surface area contributed by atoms with E-state index in [0.717, 1.165) is 94.8 Å². The van der Waals surface area contributed by atoms with Crippen LogP contribution in [0.25, 0.3) is 95.0 Å². The number of aromatic hydroxyl groups is 1. The molecule has 0 aliphatic rings. The number of benzene rings is 8. The number of fused-ring (bicyclic) bond motifs is 1. The molecule has 0 unspecified atom stereocenters. The van der Waals surface area contributed by atoms with Crippen molar-refractivity contribution in [1.82, 2.24) is 14.5 Å². The summed E-state index contributed by atoms with van der Waals surface area (Å²) in [6.07, 6.45) is 1.86. The lowest BCUT2D eigenvalue weighted by Gasteiger charge is -2.22. The van der Waals surface area contributed by atoms with E-state index in [-0.39, 0.29) is 28.6 Å². The topological polar surface area (TPSA) is 50.9 Å².